The van der Waals surface area contributed by atoms with E-state index < -0.39 is 36.9 Å². The summed E-state index contributed by atoms with van der Waals surface area (Å²) in [5.74, 6) is -1.72. The number of methoxy groups -OCH3 is 2. The van der Waals surface area contributed by atoms with E-state index in [-0.39, 0.29) is 5.56 Å². The molecule has 2 amide bonds. The number of nitriles is 1. The number of nitrogens with one attached hydrogen (secondary N) is 1. The Balaban J connectivity index is 2.33. The van der Waals surface area contributed by atoms with Crippen LogP contribution in [0.5, 0.6) is 11.5 Å². The second-order valence-electron chi connectivity index (χ2n) is 4.93. The van der Waals surface area contributed by atoms with Crippen LogP contribution in [0.3, 0.4) is 0 Å². The van der Waals surface area contributed by atoms with Gasteiger partial charge in [-0.25, -0.2) is 0 Å². The first-order valence-electron chi connectivity index (χ1n) is 6.88. The molecule has 1 aliphatic heterocycles. The lowest BCUT2D eigenvalue weighted by atomic mass is 10.0. The molecule has 1 aromatic rings. The van der Waals surface area contributed by atoms with Crippen molar-refractivity contribution in [1.82, 2.24) is 10.2 Å². The molecule has 0 aromatic heterocycles. The maximum absolute atomic E-state index is 12.5. The molecule has 0 fully saturated rings. The summed E-state index contributed by atoms with van der Waals surface area (Å²) in [5, 5.41) is 20.1. The Hall–Kier alpha value is -3.28. The number of carboxylic acids is 1. The molecule has 24 heavy (non-hydrogen) atoms. The van der Waals surface area contributed by atoms with Crippen molar-refractivity contribution >= 4 is 17.8 Å². The zero-order valence-corrected chi connectivity index (χ0v) is 13.0. The van der Waals surface area contributed by atoms with Crippen molar-refractivity contribution in [1.29, 1.82) is 5.26 Å². The summed E-state index contributed by atoms with van der Waals surface area (Å²) in [5.41, 5.74) is 0.570. The first-order valence-corrected chi connectivity index (χ1v) is 6.88. The lowest BCUT2D eigenvalue weighted by Crippen LogP contribution is -2.40. The molecule has 1 aliphatic rings. The number of ether oxygens (including phenoxy) is 2. The molecule has 1 heterocycles. The summed E-state index contributed by atoms with van der Waals surface area (Å²) in [6.45, 7) is -1.01. The second kappa shape index (κ2) is 6.87. The minimum atomic E-state index is -1.21. The maximum atomic E-state index is 12.5. The summed E-state index contributed by atoms with van der Waals surface area (Å²) < 4.78 is 10.3. The van der Waals surface area contributed by atoms with Crippen molar-refractivity contribution in [2.75, 3.05) is 27.3 Å². The van der Waals surface area contributed by atoms with Gasteiger partial charge in [0.1, 0.15) is 30.6 Å². The van der Waals surface area contributed by atoms with E-state index in [1.807, 2.05) is 6.07 Å². The topological polar surface area (TPSA) is 129 Å². The molecule has 9 heteroatoms. The molecule has 2 N–H and O–H groups in total. The number of hydrogen-bond acceptors (Lipinski definition) is 6. The molecule has 1 aromatic carbocycles. The van der Waals surface area contributed by atoms with Crippen molar-refractivity contribution in [3.8, 4) is 17.6 Å². The van der Waals surface area contributed by atoms with Gasteiger partial charge in [-0.2, -0.15) is 5.26 Å². The Bertz CT molecular complexity index is 739. The van der Waals surface area contributed by atoms with Crippen LogP contribution >= 0.6 is 0 Å². The van der Waals surface area contributed by atoms with Crippen molar-refractivity contribution in [2.45, 2.75) is 6.04 Å². The van der Waals surface area contributed by atoms with Crippen LogP contribution in [0.15, 0.2) is 12.1 Å². The van der Waals surface area contributed by atoms with E-state index in [0.717, 1.165) is 4.90 Å². The standard InChI is InChI=1S/C15H15N3O6/c1-23-8-3-9-14(11(4-8)24-2)10(5-16)18(15(9)22)7-12(19)17-6-13(20)21/h3-4,10H,6-7H2,1-2H3,(H,17,19)(H,20,21). The van der Waals surface area contributed by atoms with Gasteiger partial charge >= 0.3 is 5.97 Å². The molecule has 2 rings (SSSR count). The summed E-state index contributed by atoms with van der Waals surface area (Å²) in [4.78, 5) is 35.9. The van der Waals surface area contributed by atoms with Gasteiger partial charge in [0.15, 0.2) is 0 Å². The molecule has 0 bridgehead atoms. The fraction of sp³-hybridized carbons (Fsp3) is 0.333. The van der Waals surface area contributed by atoms with Crippen LogP contribution in [-0.2, 0) is 9.59 Å². The fourth-order valence-electron chi connectivity index (χ4n) is 2.46. The largest absolute Gasteiger partial charge is 0.497 e. The molecule has 1 unspecified atom stereocenters. The smallest absolute Gasteiger partial charge is 0.322 e. The molecule has 0 aliphatic carbocycles. The van der Waals surface area contributed by atoms with Crippen molar-refractivity contribution in [3.05, 3.63) is 23.3 Å². The summed E-state index contributed by atoms with van der Waals surface area (Å²) in [6.07, 6.45) is 0. The Morgan fingerprint density at radius 2 is 2.08 bits per heavy atom. The molecule has 0 spiro atoms. The predicted molar refractivity (Wildman–Crippen MR) is 79.6 cm³/mol. The average Bonchev–Trinajstić information content (AvgIpc) is 2.84. The van der Waals surface area contributed by atoms with Gasteiger partial charge in [-0.1, -0.05) is 0 Å². The third-order valence-corrected chi connectivity index (χ3v) is 3.52. The van der Waals surface area contributed by atoms with E-state index in [1.165, 1.54) is 20.3 Å². The zero-order chi connectivity index (χ0) is 17.9. The highest BCUT2D eigenvalue weighted by atomic mass is 16.5. The Labute approximate surface area is 137 Å². The number of fused-ring (bicyclic) bond motifs is 1. The van der Waals surface area contributed by atoms with Crippen LogP contribution in [0.25, 0.3) is 0 Å². The number of carboxylic acid groups (broad SMARTS) is 1. The van der Waals surface area contributed by atoms with E-state index in [4.69, 9.17) is 14.6 Å². The Morgan fingerprint density at radius 1 is 1.38 bits per heavy atom. The number of aliphatic carboxylic acids is 1. The first kappa shape index (κ1) is 17.1. The highest BCUT2D eigenvalue weighted by molar-refractivity contribution is 6.02. The maximum Gasteiger partial charge on any atom is 0.322 e. The lowest BCUT2D eigenvalue weighted by Gasteiger charge is -2.19. The van der Waals surface area contributed by atoms with Crippen LogP contribution in [0.1, 0.15) is 22.0 Å². The number of rotatable bonds is 6. The van der Waals surface area contributed by atoms with E-state index in [1.54, 1.807) is 6.07 Å². The number of nitrogens with zero attached hydrogens (tertiary/aromatic N) is 2. The molecule has 1 atom stereocenters. The average molecular weight is 333 g/mol. The van der Waals surface area contributed by atoms with Gasteiger partial charge in [-0.05, 0) is 6.07 Å². The molecule has 126 valence electrons. The van der Waals surface area contributed by atoms with Crippen LogP contribution in [-0.4, -0.2) is 55.1 Å². The molecule has 0 saturated carbocycles. The van der Waals surface area contributed by atoms with Crippen LogP contribution in [0, 0.1) is 11.3 Å². The molecule has 0 radical (unpaired) electrons. The minimum Gasteiger partial charge on any atom is -0.497 e. The van der Waals surface area contributed by atoms with E-state index >= 15 is 0 Å². The molecule has 9 nitrogen and oxygen atoms in total. The van der Waals surface area contributed by atoms with E-state index in [0.29, 0.717) is 17.1 Å². The zero-order valence-electron chi connectivity index (χ0n) is 13.0. The molecule has 0 saturated heterocycles. The van der Waals surface area contributed by atoms with Gasteiger partial charge in [-0.15, -0.1) is 0 Å². The predicted octanol–water partition coefficient (Wildman–Crippen LogP) is -0.0749. The number of carbonyl (C=O) groups is 3. The van der Waals surface area contributed by atoms with Gasteiger partial charge in [0.25, 0.3) is 5.91 Å². The number of amides is 2. The number of carbonyl (C=O) groups excluding carboxylic acids is 2. The van der Waals surface area contributed by atoms with Gasteiger partial charge in [0, 0.05) is 11.6 Å². The van der Waals surface area contributed by atoms with Gasteiger partial charge < -0.3 is 24.8 Å². The lowest BCUT2D eigenvalue weighted by molar-refractivity contribution is -0.138. The first-order chi connectivity index (χ1) is 11.4. The van der Waals surface area contributed by atoms with Crippen molar-refractivity contribution in [3.63, 3.8) is 0 Å². The van der Waals surface area contributed by atoms with E-state index in [2.05, 4.69) is 5.32 Å². The number of benzene rings is 1. The van der Waals surface area contributed by atoms with Gasteiger partial charge in [0.05, 0.1) is 25.9 Å². The fourth-order valence-corrected chi connectivity index (χ4v) is 2.46. The highest BCUT2D eigenvalue weighted by Gasteiger charge is 2.40. The van der Waals surface area contributed by atoms with Crippen LogP contribution in [0.4, 0.5) is 0 Å². The van der Waals surface area contributed by atoms with Gasteiger partial charge in [-0.3, -0.25) is 14.4 Å². The Kier molecular flexibility index (Phi) is 4.89. The monoisotopic (exact) mass is 333 g/mol. The van der Waals surface area contributed by atoms with Crippen molar-refractivity contribution < 1.29 is 29.0 Å². The highest BCUT2D eigenvalue weighted by Crippen LogP contribution is 2.41. The normalized spacial score (nSPS) is 15.5. The SMILES string of the molecule is COc1cc(OC)c2c(c1)C(=O)N(CC(=O)NCC(=O)O)C2C#N. The second-order valence-corrected chi connectivity index (χ2v) is 4.93. The molecular weight excluding hydrogens is 318 g/mol. The van der Waals surface area contributed by atoms with Crippen molar-refractivity contribution in [2.24, 2.45) is 0 Å². The quantitative estimate of drug-likeness (QED) is 0.745. The third-order valence-electron chi connectivity index (χ3n) is 3.52. The van der Waals surface area contributed by atoms with Crippen LogP contribution < -0.4 is 14.8 Å². The molecular formula is C15H15N3O6. The number of hydrogen-bond donors (Lipinski definition) is 2. The van der Waals surface area contributed by atoms with Crippen LogP contribution in [0.2, 0.25) is 0 Å². The third kappa shape index (κ3) is 3.08. The van der Waals surface area contributed by atoms with Gasteiger partial charge in [0.2, 0.25) is 5.91 Å². The summed E-state index contributed by atoms with van der Waals surface area (Å²) in [7, 11) is 2.83. The van der Waals surface area contributed by atoms with E-state index in [9.17, 15) is 19.6 Å². The Morgan fingerprint density at radius 3 is 2.62 bits per heavy atom. The minimum absolute atomic E-state index is 0.212. The summed E-state index contributed by atoms with van der Waals surface area (Å²) in [6, 6.07) is 3.98. The summed E-state index contributed by atoms with van der Waals surface area (Å²) >= 11 is 0.